The molecule has 0 spiro atoms. The smallest absolute Gasteiger partial charge is 0.230 e. The molecule has 0 bridgehead atoms. The van der Waals surface area contributed by atoms with Crippen LogP contribution in [0.2, 0.25) is 0 Å². The molecule has 1 amide bonds. The Morgan fingerprint density at radius 3 is 2.62 bits per heavy atom. The second kappa shape index (κ2) is 8.34. The highest BCUT2D eigenvalue weighted by molar-refractivity contribution is 8.01. The lowest BCUT2D eigenvalue weighted by atomic mass is 10.0. The van der Waals surface area contributed by atoms with E-state index >= 15 is 0 Å². The lowest BCUT2D eigenvalue weighted by molar-refractivity contribution is -0.120. The Morgan fingerprint density at radius 1 is 1.29 bits per heavy atom. The number of hydrogen-bond acceptors (Lipinski definition) is 7. The monoisotopic (exact) mass is 366 g/mol. The van der Waals surface area contributed by atoms with E-state index in [9.17, 15) is 4.79 Å². The first-order valence-corrected chi connectivity index (χ1v) is 9.40. The summed E-state index contributed by atoms with van der Waals surface area (Å²) < 4.78 is 5.89. The molecule has 24 heavy (non-hydrogen) atoms. The summed E-state index contributed by atoms with van der Waals surface area (Å²) in [7, 11) is 1.63. The van der Waals surface area contributed by atoms with Gasteiger partial charge in [0.1, 0.15) is 5.75 Å². The predicted molar refractivity (Wildman–Crippen MR) is 99.4 cm³/mol. The molecule has 0 aliphatic carbocycles. The zero-order valence-electron chi connectivity index (χ0n) is 14.3. The van der Waals surface area contributed by atoms with Crippen LogP contribution < -0.4 is 15.4 Å². The first kappa shape index (κ1) is 18.5. The number of rotatable bonds is 8. The highest BCUT2D eigenvalue weighted by atomic mass is 32.2. The van der Waals surface area contributed by atoms with Crippen LogP contribution in [-0.2, 0) is 4.79 Å². The van der Waals surface area contributed by atoms with Gasteiger partial charge in [-0.25, -0.2) is 0 Å². The summed E-state index contributed by atoms with van der Waals surface area (Å²) in [4.78, 5) is 11.9. The van der Waals surface area contributed by atoms with Gasteiger partial charge in [0, 0.05) is 11.2 Å². The second-order valence-corrected chi connectivity index (χ2v) is 8.00. The van der Waals surface area contributed by atoms with Crippen LogP contribution in [0.25, 0.3) is 0 Å². The predicted octanol–water partition coefficient (Wildman–Crippen LogP) is 3.69. The van der Waals surface area contributed by atoms with Gasteiger partial charge in [0.05, 0.1) is 12.9 Å². The minimum absolute atomic E-state index is 0.00622. The van der Waals surface area contributed by atoms with E-state index in [0.717, 1.165) is 22.2 Å². The Kier molecular flexibility index (Phi) is 6.44. The zero-order chi connectivity index (χ0) is 17.6. The number of aromatic nitrogens is 2. The van der Waals surface area contributed by atoms with Crippen molar-refractivity contribution in [1.29, 1.82) is 0 Å². The number of carbonyl (C=O) groups is 1. The van der Waals surface area contributed by atoms with Gasteiger partial charge in [0.2, 0.25) is 11.0 Å². The summed E-state index contributed by atoms with van der Waals surface area (Å²) in [5.41, 5.74) is 0.728. The molecule has 0 radical (unpaired) electrons. The van der Waals surface area contributed by atoms with Gasteiger partial charge in [-0.15, -0.1) is 10.2 Å². The van der Waals surface area contributed by atoms with Gasteiger partial charge in [0.15, 0.2) is 4.34 Å². The van der Waals surface area contributed by atoms with Crippen LogP contribution >= 0.6 is 23.1 Å². The zero-order valence-corrected chi connectivity index (χ0v) is 15.9. The fourth-order valence-corrected chi connectivity index (χ4v) is 3.32. The molecular formula is C16H22N4O2S2. The average molecular weight is 367 g/mol. The van der Waals surface area contributed by atoms with Crippen molar-refractivity contribution < 1.29 is 9.53 Å². The number of methoxy groups -OCH3 is 1. The number of hydrogen-bond donors (Lipinski definition) is 2. The molecule has 0 aliphatic rings. The SMILES string of the molecule is CCC(C)(C)NC(=O)CSc1nnc(Nc2ccc(OC)cc2)s1. The van der Waals surface area contributed by atoms with Crippen molar-refractivity contribution in [2.75, 3.05) is 18.2 Å². The maximum absolute atomic E-state index is 11.9. The Hall–Kier alpha value is -1.80. The first-order valence-electron chi connectivity index (χ1n) is 7.60. The van der Waals surface area contributed by atoms with Crippen LogP contribution in [0.5, 0.6) is 5.75 Å². The number of thioether (sulfide) groups is 1. The summed E-state index contributed by atoms with van der Waals surface area (Å²) in [6.07, 6.45) is 0.887. The van der Waals surface area contributed by atoms with Gasteiger partial charge in [-0.1, -0.05) is 30.0 Å². The summed E-state index contributed by atoms with van der Waals surface area (Å²) >= 11 is 2.81. The lowest BCUT2D eigenvalue weighted by Crippen LogP contribution is -2.43. The largest absolute Gasteiger partial charge is 0.497 e. The summed E-state index contributed by atoms with van der Waals surface area (Å²) in [6, 6.07) is 7.57. The highest BCUT2D eigenvalue weighted by Crippen LogP contribution is 2.28. The van der Waals surface area contributed by atoms with Crippen LogP contribution in [0.4, 0.5) is 10.8 Å². The molecule has 0 aliphatic heterocycles. The van der Waals surface area contributed by atoms with Gasteiger partial charge >= 0.3 is 0 Å². The summed E-state index contributed by atoms with van der Waals surface area (Å²) in [5, 5.41) is 15.1. The molecule has 2 rings (SSSR count). The Morgan fingerprint density at radius 2 is 2.00 bits per heavy atom. The quantitative estimate of drug-likeness (QED) is 0.694. The van der Waals surface area contributed by atoms with E-state index in [4.69, 9.17) is 4.74 Å². The molecule has 2 aromatic rings. The third-order valence-electron chi connectivity index (χ3n) is 3.44. The van der Waals surface area contributed by atoms with Crippen LogP contribution in [0.1, 0.15) is 27.2 Å². The number of anilines is 2. The lowest BCUT2D eigenvalue weighted by Gasteiger charge is -2.24. The van der Waals surface area contributed by atoms with E-state index in [2.05, 4.69) is 27.8 Å². The van der Waals surface area contributed by atoms with Gasteiger partial charge < -0.3 is 15.4 Å². The molecule has 0 unspecified atom stereocenters. The van der Waals surface area contributed by atoms with E-state index in [1.54, 1.807) is 7.11 Å². The molecular weight excluding hydrogens is 344 g/mol. The number of benzene rings is 1. The number of carbonyl (C=O) groups excluding carboxylic acids is 1. The van der Waals surface area contributed by atoms with E-state index in [1.165, 1.54) is 23.1 Å². The van der Waals surface area contributed by atoms with Crippen molar-refractivity contribution in [3.63, 3.8) is 0 Å². The van der Waals surface area contributed by atoms with E-state index in [0.29, 0.717) is 10.9 Å². The second-order valence-electron chi connectivity index (χ2n) is 5.80. The van der Waals surface area contributed by atoms with E-state index in [-0.39, 0.29) is 11.4 Å². The first-order chi connectivity index (χ1) is 11.4. The van der Waals surface area contributed by atoms with Gasteiger partial charge in [-0.3, -0.25) is 4.79 Å². The van der Waals surface area contributed by atoms with Crippen LogP contribution in [-0.4, -0.2) is 34.5 Å². The van der Waals surface area contributed by atoms with Crippen molar-refractivity contribution >= 4 is 39.8 Å². The molecule has 6 nitrogen and oxygen atoms in total. The molecule has 8 heteroatoms. The number of amides is 1. The van der Waals surface area contributed by atoms with Crippen LogP contribution in [0.3, 0.4) is 0 Å². The fourth-order valence-electron chi connectivity index (χ4n) is 1.75. The molecule has 0 saturated heterocycles. The minimum Gasteiger partial charge on any atom is -0.497 e. The molecule has 0 fully saturated rings. The van der Waals surface area contributed by atoms with Crippen molar-refractivity contribution in [1.82, 2.24) is 15.5 Å². The Balaban J connectivity index is 1.85. The third kappa shape index (κ3) is 5.68. The molecule has 1 aromatic carbocycles. The van der Waals surface area contributed by atoms with E-state index < -0.39 is 0 Å². The molecule has 0 saturated carbocycles. The fraction of sp³-hybridized carbons (Fsp3) is 0.438. The van der Waals surface area contributed by atoms with Crippen LogP contribution in [0, 0.1) is 0 Å². The number of nitrogens with one attached hydrogen (secondary N) is 2. The molecule has 130 valence electrons. The van der Waals surface area contributed by atoms with Crippen molar-refractivity contribution in [2.45, 2.75) is 37.1 Å². The van der Waals surface area contributed by atoms with Crippen LogP contribution in [0.15, 0.2) is 28.6 Å². The summed E-state index contributed by atoms with van der Waals surface area (Å²) in [5.74, 6) is 1.14. The Bertz CT molecular complexity index is 671. The van der Waals surface area contributed by atoms with Crippen molar-refractivity contribution in [2.24, 2.45) is 0 Å². The topological polar surface area (TPSA) is 76.1 Å². The highest BCUT2D eigenvalue weighted by Gasteiger charge is 2.18. The van der Waals surface area contributed by atoms with E-state index in [1.807, 2.05) is 38.1 Å². The molecule has 1 heterocycles. The van der Waals surface area contributed by atoms with Gasteiger partial charge in [0.25, 0.3) is 0 Å². The number of ether oxygens (including phenoxy) is 1. The van der Waals surface area contributed by atoms with Gasteiger partial charge in [-0.05, 0) is 44.5 Å². The number of nitrogens with zero attached hydrogens (tertiary/aromatic N) is 2. The van der Waals surface area contributed by atoms with Gasteiger partial charge in [-0.2, -0.15) is 0 Å². The maximum atomic E-state index is 11.9. The summed E-state index contributed by atoms with van der Waals surface area (Å²) in [6.45, 7) is 6.07. The Labute approximate surface area is 150 Å². The molecule has 1 aromatic heterocycles. The average Bonchev–Trinajstić information content (AvgIpc) is 3.01. The normalized spacial score (nSPS) is 11.2. The maximum Gasteiger partial charge on any atom is 0.230 e. The minimum atomic E-state index is -0.181. The standard InChI is InChI=1S/C16H22N4O2S2/c1-5-16(2,3)18-13(21)10-23-15-20-19-14(24-15)17-11-6-8-12(22-4)9-7-11/h6-9H,5,10H2,1-4H3,(H,17,19)(H,18,21). The molecule has 2 N–H and O–H groups in total. The van der Waals surface area contributed by atoms with Crippen molar-refractivity contribution in [3.8, 4) is 5.75 Å². The third-order valence-corrected chi connectivity index (χ3v) is 5.41. The van der Waals surface area contributed by atoms with Crippen molar-refractivity contribution in [3.05, 3.63) is 24.3 Å². The molecule has 0 atom stereocenters.